The van der Waals surface area contributed by atoms with Crippen LogP contribution in [0.25, 0.3) is 10.4 Å². The lowest BCUT2D eigenvalue weighted by molar-refractivity contribution is 0.0939. The molecule has 156 valence electrons. The van der Waals surface area contributed by atoms with Crippen molar-refractivity contribution in [3.63, 3.8) is 0 Å². The first-order valence-electron chi connectivity index (χ1n) is 10.2. The Hall–Kier alpha value is -2.67. The molecule has 6 heteroatoms. The van der Waals surface area contributed by atoms with Crippen LogP contribution in [-0.2, 0) is 6.61 Å². The molecule has 1 atom stereocenters. The number of aryl methyl sites for hydroxylation is 1. The number of anilines is 1. The highest BCUT2D eigenvalue weighted by Gasteiger charge is 2.18. The number of nitrogens with one attached hydrogen (secondary N) is 3. The molecule has 1 unspecified atom stereocenters. The van der Waals surface area contributed by atoms with E-state index in [9.17, 15) is 9.90 Å². The SMILES string of the molecule is Cc1ccc(NC2CNC2)cc1C(=O)NC(C)c1cccc(-c2ccc(CO)s2)c1. The second-order valence-electron chi connectivity index (χ2n) is 7.77. The third kappa shape index (κ3) is 4.56. The number of aliphatic hydroxyl groups is 1. The molecule has 1 aliphatic heterocycles. The number of hydrogen-bond donors (Lipinski definition) is 4. The van der Waals surface area contributed by atoms with Crippen molar-refractivity contribution < 1.29 is 9.90 Å². The lowest BCUT2D eigenvalue weighted by atomic mass is 10.0. The molecule has 5 nitrogen and oxygen atoms in total. The summed E-state index contributed by atoms with van der Waals surface area (Å²) < 4.78 is 0. The second-order valence-corrected chi connectivity index (χ2v) is 8.94. The Labute approximate surface area is 181 Å². The molecule has 2 aromatic carbocycles. The molecule has 3 aromatic rings. The van der Waals surface area contributed by atoms with Gasteiger partial charge in [-0.25, -0.2) is 0 Å². The fourth-order valence-electron chi connectivity index (χ4n) is 3.52. The van der Waals surface area contributed by atoms with Crippen molar-refractivity contribution in [3.05, 3.63) is 76.2 Å². The summed E-state index contributed by atoms with van der Waals surface area (Å²) >= 11 is 1.58. The Kier molecular flexibility index (Phi) is 6.18. The van der Waals surface area contributed by atoms with Gasteiger partial charge in [-0.3, -0.25) is 4.79 Å². The molecule has 4 N–H and O–H groups in total. The lowest BCUT2D eigenvalue weighted by Gasteiger charge is -2.29. The standard InChI is InChI=1S/C24H27N3O2S/c1-15-6-7-19(27-20-12-25-13-20)11-22(15)24(29)26-16(2)17-4-3-5-18(10-17)23-9-8-21(14-28)30-23/h3-11,16,20,25,27-28H,12-14H2,1-2H3,(H,26,29). The minimum absolute atomic E-state index is 0.0569. The van der Waals surface area contributed by atoms with Crippen LogP contribution in [0, 0.1) is 6.92 Å². The molecule has 1 fully saturated rings. The first-order valence-corrected chi connectivity index (χ1v) is 11.0. The van der Waals surface area contributed by atoms with Crippen LogP contribution in [0.3, 0.4) is 0 Å². The van der Waals surface area contributed by atoms with Crippen LogP contribution in [0.5, 0.6) is 0 Å². The van der Waals surface area contributed by atoms with Gasteiger partial charge in [-0.15, -0.1) is 11.3 Å². The summed E-state index contributed by atoms with van der Waals surface area (Å²) in [7, 11) is 0. The summed E-state index contributed by atoms with van der Waals surface area (Å²) in [5.41, 5.74) is 4.77. The molecule has 1 aliphatic rings. The van der Waals surface area contributed by atoms with E-state index in [1.807, 2.05) is 56.3 Å². The molecule has 2 heterocycles. The average molecular weight is 422 g/mol. The van der Waals surface area contributed by atoms with Crippen LogP contribution >= 0.6 is 11.3 Å². The van der Waals surface area contributed by atoms with E-state index >= 15 is 0 Å². The van der Waals surface area contributed by atoms with Crippen molar-refractivity contribution >= 4 is 22.9 Å². The zero-order valence-electron chi connectivity index (χ0n) is 17.2. The topological polar surface area (TPSA) is 73.4 Å². The van der Waals surface area contributed by atoms with Crippen LogP contribution in [0.15, 0.2) is 54.6 Å². The van der Waals surface area contributed by atoms with Gasteiger partial charge in [0.1, 0.15) is 0 Å². The smallest absolute Gasteiger partial charge is 0.252 e. The Morgan fingerprint density at radius 2 is 2.03 bits per heavy atom. The van der Waals surface area contributed by atoms with Gasteiger partial charge in [-0.05, 0) is 60.9 Å². The number of carbonyl (C=O) groups excluding carboxylic acids is 1. The highest BCUT2D eigenvalue weighted by Crippen LogP contribution is 2.30. The Bertz CT molecular complexity index is 1040. The molecule has 30 heavy (non-hydrogen) atoms. The van der Waals surface area contributed by atoms with Gasteiger partial charge in [0, 0.05) is 34.1 Å². The Balaban J connectivity index is 1.48. The maximum atomic E-state index is 13.0. The number of aliphatic hydroxyl groups excluding tert-OH is 1. The van der Waals surface area contributed by atoms with E-state index in [4.69, 9.17) is 0 Å². The highest BCUT2D eigenvalue weighted by atomic mass is 32.1. The van der Waals surface area contributed by atoms with Gasteiger partial charge in [0.05, 0.1) is 18.7 Å². The Morgan fingerprint density at radius 3 is 2.73 bits per heavy atom. The van der Waals surface area contributed by atoms with Crippen LogP contribution in [-0.4, -0.2) is 30.1 Å². The average Bonchev–Trinajstić information content (AvgIpc) is 3.21. The van der Waals surface area contributed by atoms with Crippen LogP contribution in [0.4, 0.5) is 5.69 Å². The molecule has 1 aromatic heterocycles. The number of hydrogen-bond acceptors (Lipinski definition) is 5. The zero-order chi connectivity index (χ0) is 21.1. The van der Waals surface area contributed by atoms with E-state index in [2.05, 4.69) is 28.1 Å². The van der Waals surface area contributed by atoms with E-state index in [-0.39, 0.29) is 18.6 Å². The monoisotopic (exact) mass is 421 g/mol. The van der Waals surface area contributed by atoms with Gasteiger partial charge >= 0.3 is 0 Å². The van der Waals surface area contributed by atoms with Gasteiger partial charge < -0.3 is 21.1 Å². The van der Waals surface area contributed by atoms with E-state index < -0.39 is 0 Å². The zero-order valence-corrected chi connectivity index (χ0v) is 18.1. The van der Waals surface area contributed by atoms with Crippen molar-refractivity contribution in [1.82, 2.24) is 10.6 Å². The molecule has 1 amide bonds. The molecule has 0 aliphatic carbocycles. The van der Waals surface area contributed by atoms with Gasteiger partial charge in [0.25, 0.3) is 5.91 Å². The van der Waals surface area contributed by atoms with Gasteiger partial charge in [-0.1, -0.05) is 24.3 Å². The van der Waals surface area contributed by atoms with Crippen molar-refractivity contribution in [1.29, 1.82) is 0 Å². The first kappa shape index (κ1) is 20.6. The minimum Gasteiger partial charge on any atom is -0.391 e. The lowest BCUT2D eigenvalue weighted by Crippen LogP contribution is -2.51. The molecule has 1 saturated heterocycles. The third-order valence-electron chi connectivity index (χ3n) is 5.47. The summed E-state index contributed by atoms with van der Waals surface area (Å²) in [6, 6.07) is 18.4. The normalized spacial score (nSPS) is 14.8. The largest absolute Gasteiger partial charge is 0.391 e. The summed E-state index contributed by atoms with van der Waals surface area (Å²) in [5.74, 6) is -0.0699. The Morgan fingerprint density at radius 1 is 1.20 bits per heavy atom. The summed E-state index contributed by atoms with van der Waals surface area (Å²) in [5, 5.41) is 19.2. The molecule has 0 saturated carbocycles. The number of rotatable bonds is 7. The molecule has 4 rings (SSSR count). The second kappa shape index (κ2) is 9.00. The molecular weight excluding hydrogens is 394 g/mol. The van der Waals surface area contributed by atoms with Gasteiger partial charge in [-0.2, -0.15) is 0 Å². The maximum absolute atomic E-state index is 13.0. The summed E-state index contributed by atoms with van der Waals surface area (Å²) in [6.45, 7) is 5.92. The van der Waals surface area contributed by atoms with Crippen molar-refractivity contribution in [3.8, 4) is 10.4 Å². The first-order chi connectivity index (χ1) is 14.5. The van der Waals surface area contributed by atoms with Crippen LogP contribution in [0.2, 0.25) is 0 Å². The van der Waals surface area contributed by atoms with E-state index in [1.165, 1.54) is 0 Å². The van der Waals surface area contributed by atoms with E-state index in [0.29, 0.717) is 11.6 Å². The number of amides is 1. The minimum atomic E-state index is -0.124. The summed E-state index contributed by atoms with van der Waals surface area (Å²) in [4.78, 5) is 15.0. The highest BCUT2D eigenvalue weighted by molar-refractivity contribution is 7.15. The van der Waals surface area contributed by atoms with Crippen LogP contribution < -0.4 is 16.0 Å². The fraction of sp³-hybridized carbons (Fsp3) is 0.292. The van der Waals surface area contributed by atoms with E-state index in [1.54, 1.807) is 11.3 Å². The quantitative estimate of drug-likeness (QED) is 0.464. The molecule has 0 spiro atoms. The summed E-state index contributed by atoms with van der Waals surface area (Å²) in [6.07, 6.45) is 0. The predicted molar refractivity (Wildman–Crippen MR) is 123 cm³/mol. The number of thiophene rings is 1. The molecular formula is C24H27N3O2S. The third-order valence-corrected chi connectivity index (χ3v) is 6.59. The molecule has 0 radical (unpaired) electrons. The maximum Gasteiger partial charge on any atom is 0.252 e. The number of carbonyl (C=O) groups is 1. The predicted octanol–water partition coefficient (Wildman–Crippen LogP) is 4.09. The van der Waals surface area contributed by atoms with E-state index in [0.717, 1.165) is 45.2 Å². The fourth-order valence-corrected chi connectivity index (χ4v) is 4.38. The number of benzene rings is 2. The van der Waals surface area contributed by atoms with Crippen molar-refractivity contribution in [2.75, 3.05) is 18.4 Å². The van der Waals surface area contributed by atoms with Crippen LogP contribution in [0.1, 0.15) is 39.3 Å². The van der Waals surface area contributed by atoms with Crippen molar-refractivity contribution in [2.24, 2.45) is 0 Å². The molecule has 0 bridgehead atoms. The van der Waals surface area contributed by atoms with Gasteiger partial charge in [0.15, 0.2) is 0 Å². The van der Waals surface area contributed by atoms with Crippen molar-refractivity contribution in [2.45, 2.75) is 32.5 Å². The van der Waals surface area contributed by atoms with Gasteiger partial charge in [0.2, 0.25) is 0 Å².